The topological polar surface area (TPSA) is 47.6 Å². The van der Waals surface area contributed by atoms with Gasteiger partial charge in [0.1, 0.15) is 18.1 Å². The number of carbonyl (C=O) groups excluding carboxylic acids is 1. The molecule has 1 N–H and O–H groups in total. The molecule has 148 valence electrons. The maximum Gasteiger partial charge on any atom is 0.174 e. The normalized spacial score (nSPS) is 18.2. The Morgan fingerprint density at radius 3 is 3.04 bits per heavy atom. The molecule has 4 rings (SSSR count). The van der Waals surface area contributed by atoms with Crippen LogP contribution >= 0.6 is 0 Å². The van der Waals surface area contributed by atoms with Crippen LogP contribution in [0.3, 0.4) is 0 Å². The van der Waals surface area contributed by atoms with Crippen molar-refractivity contribution in [3.05, 3.63) is 58.7 Å². The first kappa shape index (κ1) is 19.0. The van der Waals surface area contributed by atoms with E-state index in [-0.39, 0.29) is 12.4 Å². The fraction of sp³-hybridized carbons (Fsp3) is 0.458. The van der Waals surface area contributed by atoms with E-state index >= 15 is 0 Å². The van der Waals surface area contributed by atoms with Crippen molar-refractivity contribution in [2.45, 2.75) is 44.4 Å². The number of nitrogens with one attached hydrogen (secondary N) is 1. The number of methoxy groups -OCH3 is 1. The van der Waals surface area contributed by atoms with Gasteiger partial charge in [-0.3, -0.25) is 4.79 Å². The van der Waals surface area contributed by atoms with Gasteiger partial charge in [0.2, 0.25) is 0 Å². The van der Waals surface area contributed by atoms with Gasteiger partial charge in [-0.05, 0) is 79.9 Å². The summed E-state index contributed by atoms with van der Waals surface area (Å²) in [4.78, 5) is 11.5. The summed E-state index contributed by atoms with van der Waals surface area (Å²) < 4.78 is 11.1. The smallest absolute Gasteiger partial charge is 0.174 e. The van der Waals surface area contributed by atoms with E-state index in [1.54, 1.807) is 7.11 Å². The molecule has 4 heteroatoms. The Morgan fingerprint density at radius 1 is 1.21 bits per heavy atom. The molecule has 1 heterocycles. The van der Waals surface area contributed by atoms with Crippen molar-refractivity contribution >= 4 is 5.78 Å². The summed E-state index contributed by atoms with van der Waals surface area (Å²) in [6.45, 7) is 2.19. The highest BCUT2D eigenvalue weighted by molar-refractivity contribution is 5.84. The van der Waals surface area contributed by atoms with E-state index in [1.807, 2.05) is 6.07 Å². The molecule has 0 spiro atoms. The molecule has 4 nitrogen and oxygen atoms in total. The zero-order chi connectivity index (χ0) is 19.3. The minimum Gasteiger partial charge on any atom is -0.496 e. The summed E-state index contributed by atoms with van der Waals surface area (Å²) in [5.74, 6) is 2.71. The monoisotopic (exact) mass is 379 g/mol. The van der Waals surface area contributed by atoms with Crippen molar-refractivity contribution in [2.75, 3.05) is 26.8 Å². The minimum absolute atomic E-state index is 0.156. The molecule has 0 aromatic heterocycles. The van der Waals surface area contributed by atoms with Gasteiger partial charge in [-0.15, -0.1) is 0 Å². The van der Waals surface area contributed by atoms with Crippen LogP contribution < -0.4 is 14.8 Å². The molecule has 1 aliphatic carbocycles. The molecule has 1 unspecified atom stereocenters. The van der Waals surface area contributed by atoms with E-state index in [4.69, 9.17) is 9.47 Å². The summed E-state index contributed by atoms with van der Waals surface area (Å²) >= 11 is 0. The Kier molecular flexibility index (Phi) is 5.96. The number of hydrogen-bond acceptors (Lipinski definition) is 4. The van der Waals surface area contributed by atoms with Crippen LogP contribution in [0.4, 0.5) is 0 Å². The average Bonchev–Trinajstić information content (AvgIpc) is 2.73. The first-order valence-corrected chi connectivity index (χ1v) is 10.4. The molecule has 2 aromatic carbocycles. The quantitative estimate of drug-likeness (QED) is 0.743. The lowest BCUT2D eigenvalue weighted by Gasteiger charge is -2.27. The molecule has 28 heavy (non-hydrogen) atoms. The maximum atomic E-state index is 11.5. The highest BCUT2D eigenvalue weighted by atomic mass is 16.5. The van der Waals surface area contributed by atoms with Crippen LogP contribution in [0, 0.1) is 0 Å². The number of Topliss-reactive ketones (excluding diaryl/α,β-unsaturated/α-hetero) is 1. The van der Waals surface area contributed by atoms with E-state index in [0.29, 0.717) is 12.3 Å². The number of hydrogen-bond donors (Lipinski definition) is 1. The lowest BCUT2D eigenvalue weighted by Crippen LogP contribution is -2.22. The third-order valence-electron chi connectivity index (χ3n) is 5.98. The molecule has 2 aliphatic rings. The van der Waals surface area contributed by atoms with Crippen LogP contribution in [0.5, 0.6) is 11.5 Å². The van der Waals surface area contributed by atoms with Gasteiger partial charge in [0.05, 0.1) is 7.11 Å². The zero-order valence-electron chi connectivity index (χ0n) is 16.6. The van der Waals surface area contributed by atoms with Crippen LogP contribution in [0.2, 0.25) is 0 Å². The first-order valence-electron chi connectivity index (χ1n) is 10.4. The molecular weight excluding hydrogens is 350 g/mol. The Morgan fingerprint density at radius 2 is 2.14 bits per heavy atom. The van der Waals surface area contributed by atoms with Crippen molar-refractivity contribution in [3.63, 3.8) is 0 Å². The summed E-state index contributed by atoms with van der Waals surface area (Å²) in [6, 6.07) is 12.7. The van der Waals surface area contributed by atoms with Crippen LogP contribution in [-0.4, -0.2) is 32.6 Å². The highest BCUT2D eigenvalue weighted by Gasteiger charge is 2.22. The Labute approximate surface area is 167 Å². The van der Waals surface area contributed by atoms with E-state index in [0.717, 1.165) is 49.4 Å². The highest BCUT2D eigenvalue weighted by Crippen LogP contribution is 2.38. The van der Waals surface area contributed by atoms with Crippen LogP contribution in [0.15, 0.2) is 36.4 Å². The summed E-state index contributed by atoms with van der Waals surface area (Å²) in [5.41, 5.74) is 5.16. The molecule has 1 aliphatic heterocycles. The number of benzene rings is 2. The SMILES string of the molecule is COc1cccc2c1CCCC2CCNCCc1ccc2c(c1)OCC(=O)C2. The standard InChI is InChI=1S/C24H29NO3/c1-27-23-7-3-5-21-18(4-2-6-22(21)23)11-13-25-12-10-17-8-9-19-15-20(26)16-28-24(19)14-17/h3,5,7-9,14,18,25H,2,4,6,10-13,15-16H2,1H3. The van der Waals surface area contributed by atoms with E-state index in [9.17, 15) is 4.79 Å². The van der Waals surface area contributed by atoms with Crippen molar-refractivity contribution < 1.29 is 14.3 Å². The number of rotatable bonds is 7. The van der Waals surface area contributed by atoms with E-state index in [2.05, 4.69) is 35.6 Å². The van der Waals surface area contributed by atoms with Crippen LogP contribution in [-0.2, 0) is 24.1 Å². The third-order valence-corrected chi connectivity index (χ3v) is 5.98. The second kappa shape index (κ2) is 8.78. The summed E-state index contributed by atoms with van der Waals surface area (Å²) in [6.07, 6.45) is 6.28. The third kappa shape index (κ3) is 4.22. The van der Waals surface area contributed by atoms with Gasteiger partial charge in [-0.1, -0.05) is 24.3 Å². The molecular formula is C24H29NO3. The van der Waals surface area contributed by atoms with Gasteiger partial charge in [-0.25, -0.2) is 0 Å². The van der Waals surface area contributed by atoms with Gasteiger partial charge in [-0.2, -0.15) is 0 Å². The fourth-order valence-electron chi connectivity index (χ4n) is 4.50. The lowest BCUT2D eigenvalue weighted by molar-refractivity contribution is -0.121. The van der Waals surface area contributed by atoms with Crippen LogP contribution in [0.1, 0.15) is 47.4 Å². The first-order chi connectivity index (χ1) is 13.7. The van der Waals surface area contributed by atoms with Gasteiger partial charge in [0.25, 0.3) is 0 Å². The Bertz CT molecular complexity index is 846. The summed E-state index contributed by atoms with van der Waals surface area (Å²) in [7, 11) is 1.77. The molecule has 0 fully saturated rings. The van der Waals surface area contributed by atoms with Crippen molar-refractivity contribution in [2.24, 2.45) is 0 Å². The second-order valence-corrected chi connectivity index (χ2v) is 7.85. The molecule has 0 bridgehead atoms. The van der Waals surface area contributed by atoms with Crippen molar-refractivity contribution in [3.8, 4) is 11.5 Å². The molecule has 0 saturated carbocycles. The van der Waals surface area contributed by atoms with Crippen molar-refractivity contribution in [1.29, 1.82) is 0 Å². The minimum atomic E-state index is 0.156. The lowest BCUT2D eigenvalue weighted by atomic mass is 9.80. The number of ether oxygens (including phenoxy) is 2. The van der Waals surface area contributed by atoms with Gasteiger partial charge < -0.3 is 14.8 Å². The maximum absolute atomic E-state index is 11.5. The van der Waals surface area contributed by atoms with Crippen molar-refractivity contribution in [1.82, 2.24) is 5.32 Å². The zero-order valence-corrected chi connectivity index (χ0v) is 16.6. The predicted molar refractivity (Wildman–Crippen MR) is 111 cm³/mol. The molecule has 2 aromatic rings. The predicted octanol–water partition coefficient (Wildman–Crippen LogP) is 3.84. The van der Waals surface area contributed by atoms with E-state index < -0.39 is 0 Å². The molecule has 0 amide bonds. The number of ketones is 1. The van der Waals surface area contributed by atoms with E-state index in [1.165, 1.54) is 29.5 Å². The second-order valence-electron chi connectivity index (χ2n) is 7.85. The average molecular weight is 380 g/mol. The molecule has 0 radical (unpaired) electrons. The molecule has 1 atom stereocenters. The van der Waals surface area contributed by atoms with Gasteiger partial charge >= 0.3 is 0 Å². The largest absolute Gasteiger partial charge is 0.496 e. The Balaban J connectivity index is 1.26. The van der Waals surface area contributed by atoms with Gasteiger partial charge in [0, 0.05) is 12.0 Å². The van der Waals surface area contributed by atoms with Gasteiger partial charge in [0.15, 0.2) is 5.78 Å². The fourth-order valence-corrected chi connectivity index (χ4v) is 4.50. The Hall–Kier alpha value is -2.33. The summed E-state index contributed by atoms with van der Waals surface area (Å²) in [5, 5.41) is 3.60. The van der Waals surface area contributed by atoms with Crippen LogP contribution in [0.25, 0.3) is 0 Å². The number of carbonyl (C=O) groups is 1. The molecule has 0 saturated heterocycles. The number of fused-ring (bicyclic) bond motifs is 2.